The minimum Gasteiger partial charge on any atom is -0.469 e. The van der Waals surface area contributed by atoms with Gasteiger partial charge in [0, 0.05) is 38.0 Å². The Morgan fingerprint density at radius 3 is 2.80 bits per heavy atom. The predicted octanol–water partition coefficient (Wildman–Crippen LogP) is 1.78. The molecule has 0 spiro atoms. The van der Waals surface area contributed by atoms with Crippen molar-refractivity contribution < 1.29 is 9.53 Å². The molecule has 5 nitrogen and oxygen atoms in total. The first-order valence-electron chi connectivity index (χ1n) is 7.21. The van der Waals surface area contributed by atoms with Crippen molar-refractivity contribution in [3.63, 3.8) is 0 Å². The van der Waals surface area contributed by atoms with Gasteiger partial charge in [0.15, 0.2) is 5.13 Å². The van der Waals surface area contributed by atoms with Crippen molar-refractivity contribution in [3.8, 4) is 0 Å². The van der Waals surface area contributed by atoms with Gasteiger partial charge < -0.3 is 9.64 Å². The number of hydrogen-bond donors (Lipinski definition) is 0. The van der Waals surface area contributed by atoms with Gasteiger partial charge in [-0.2, -0.15) is 0 Å². The highest BCUT2D eigenvalue weighted by Gasteiger charge is 2.18. The number of ether oxygens (including phenoxy) is 1. The summed E-state index contributed by atoms with van der Waals surface area (Å²) in [6.07, 6.45) is 2.29. The second-order valence-electron chi connectivity index (χ2n) is 5.03. The van der Waals surface area contributed by atoms with Crippen LogP contribution in [0.5, 0.6) is 0 Å². The third-order valence-corrected chi connectivity index (χ3v) is 4.49. The Morgan fingerprint density at radius 1 is 1.40 bits per heavy atom. The molecule has 6 heteroatoms. The van der Waals surface area contributed by atoms with Gasteiger partial charge in [0.25, 0.3) is 0 Å². The van der Waals surface area contributed by atoms with Crippen LogP contribution >= 0.6 is 11.3 Å². The molecule has 0 N–H and O–H groups in total. The van der Waals surface area contributed by atoms with Crippen LogP contribution < -0.4 is 4.90 Å². The molecule has 0 amide bonds. The number of nitrogens with zero attached hydrogens (tertiary/aromatic N) is 3. The van der Waals surface area contributed by atoms with Crippen molar-refractivity contribution in [2.75, 3.05) is 44.7 Å². The summed E-state index contributed by atoms with van der Waals surface area (Å²) in [7, 11) is 1.42. The summed E-state index contributed by atoms with van der Waals surface area (Å²) in [5.74, 6) is -0.173. The van der Waals surface area contributed by atoms with Gasteiger partial charge in [-0.05, 0) is 13.0 Å². The Hall–Kier alpha value is -1.14. The number of esters is 1. The Balaban J connectivity index is 1.82. The van der Waals surface area contributed by atoms with Gasteiger partial charge in [-0.15, -0.1) is 11.3 Å². The zero-order valence-corrected chi connectivity index (χ0v) is 13.1. The first-order valence-corrected chi connectivity index (χ1v) is 8.09. The largest absolute Gasteiger partial charge is 0.469 e. The van der Waals surface area contributed by atoms with E-state index in [2.05, 4.69) is 31.8 Å². The normalized spacial score (nSPS) is 16.4. The molecule has 1 aromatic rings. The number of thiazole rings is 1. The number of piperazine rings is 1. The van der Waals surface area contributed by atoms with Crippen LogP contribution in [-0.2, 0) is 16.0 Å². The highest BCUT2D eigenvalue weighted by Crippen LogP contribution is 2.22. The highest BCUT2D eigenvalue weighted by molar-refractivity contribution is 7.13. The van der Waals surface area contributed by atoms with Gasteiger partial charge in [-0.1, -0.05) is 6.92 Å². The molecule has 0 aliphatic carbocycles. The number of carbonyl (C=O) groups excluding carboxylic acids is 1. The minimum absolute atomic E-state index is 0.173. The van der Waals surface area contributed by atoms with E-state index < -0.39 is 0 Å². The molecule has 0 bridgehead atoms. The maximum Gasteiger partial charge on any atom is 0.305 e. The SMILES string of the molecule is CCCN1CCN(c2nc(CCC(=O)OC)cs2)CC1. The third kappa shape index (κ3) is 4.18. The molecular formula is C14H23N3O2S. The zero-order chi connectivity index (χ0) is 14.4. The van der Waals surface area contributed by atoms with Gasteiger partial charge in [0.1, 0.15) is 0 Å². The molecule has 2 heterocycles. The maximum atomic E-state index is 11.1. The van der Waals surface area contributed by atoms with E-state index in [1.165, 1.54) is 20.1 Å². The van der Waals surface area contributed by atoms with E-state index in [-0.39, 0.29) is 5.97 Å². The first-order chi connectivity index (χ1) is 9.72. The zero-order valence-electron chi connectivity index (χ0n) is 12.3. The van der Waals surface area contributed by atoms with Crippen molar-refractivity contribution in [1.29, 1.82) is 0 Å². The summed E-state index contributed by atoms with van der Waals surface area (Å²) in [6, 6.07) is 0. The van der Waals surface area contributed by atoms with Crippen molar-refractivity contribution in [1.82, 2.24) is 9.88 Å². The van der Waals surface area contributed by atoms with Crippen LogP contribution in [-0.4, -0.2) is 55.7 Å². The molecule has 1 saturated heterocycles. The Bertz CT molecular complexity index is 428. The van der Waals surface area contributed by atoms with E-state index in [4.69, 9.17) is 0 Å². The van der Waals surface area contributed by atoms with Crippen molar-refractivity contribution in [2.24, 2.45) is 0 Å². The van der Waals surface area contributed by atoms with E-state index >= 15 is 0 Å². The van der Waals surface area contributed by atoms with Gasteiger partial charge >= 0.3 is 5.97 Å². The van der Waals surface area contributed by atoms with Gasteiger partial charge in [-0.3, -0.25) is 9.69 Å². The molecule has 0 unspecified atom stereocenters. The van der Waals surface area contributed by atoms with Crippen LogP contribution in [0.25, 0.3) is 0 Å². The summed E-state index contributed by atoms with van der Waals surface area (Å²) >= 11 is 1.67. The lowest BCUT2D eigenvalue weighted by atomic mass is 10.2. The van der Waals surface area contributed by atoms with Crippen molar-refractivity contribution in [3.05, 3.63) is 11.1 Å². The van der Waals surface area contributed by atoms with Crippen LogP contribution in [0.1, 0.15) is 25.5 Å². The Morgan fingerprint density at radius 2 is 2.15 bits per heavy atom. The van der Waals surface area contributed by atoms with Gasteiger partial charge in [0.05, 0.1) is 19.2 Å². The number of aromatic nitrogens is 1. The number of anilines is 1. The molecule has 1 fully saturated rings. The van der Waals surface area contributed by atoms with Gasteiger partial charge in [-0.25, -0.2) is 4.98 Å². The second kappa shape index (κ2) is 7.59. The summed E-state index contributed by atoms with van der Waals surface area (Å²) < 4.78 is 4.65. The summed E-state index contributed by atoms with van der Waals surface area (Å²) in [4.78, 5) is 20.6. The second-order valence-corrected chi connectivity index (χ2v) is 5.86. The molecule has 1 aromatic heterocycles. The van der Waals surface area contributed by atoms with Crippen molar-refractivity contribution >= 4 is 22.4 Å². The maximum absolute atomic E-state index is 11.1. The monoisotopic (exact) mass is 297 g/mol. The number of rotatable bonds is 6. The fourth-order valence-electron chi connectivity index (χ4n) is 2.37. The first kappa shape index (κ1) is 15.3. The van der Waals surface area contributed by atoms with Crippen LogP contribution in [0, 0.1) is 0 Å². The summed E-state index contributed by atoms with van der Waals surface area (Å²) in [6.45, 7) is 7.74. The number of hydrogen-bond acceptors (Lipinski definition) is 6. The van der Waals surface area contributed by atoms with E-state index in [0.29, 0.717) is 12.8 Å². The molecular weight excluding hydrogens is 274 g/mol. The highest BCUT2D eigenvalue weighted by atomic mass is 32.1. The lowest BCUT2D eigenvalue weighted by Gasteiger charge is -2.34. The molecule has 20 heavy (non-hydrogen) atoms. The predicted molar refractivity (Wildman–Crippen MR) is 81.4 cm³/mol. The molecule has 1 aliphatic rings. The quantitative estimate of drug-likeness (QED) is 0.749. The Labute approximate surface area is 124 Å². The smallest absolute Gasteiger partial charge is 0.305 e. The van der Waals surface area contributed by atoms with E-state index in [9.17, 15) is 4.79 Å². The van der Waals surface area contributed by atoms with E-state index in [1.54, 1.807) is 11.3 Å². The average molecular weight is 297 g/mol. The standard InChI is InChI=1S/C14H23N3O2S/c1-3-6-16-7-9-17(10-8-16)14-15-12(11-20-14)4-5-13(18)19-2/h11H,3-10H2,1-2H3. The summed E-state index contributed by atoms with van der Waals surface area (Å²) in [5.41, 5.74) is 0.992. The molecule has 2 rings (SSSR count). The molecule has 0 radical (unpaired) electrons. The van der Waals surface area contributed by atoms with Crippen LogP contribution in [0.2, 0.25) is 0 Å². The lowest BCUT2D eigenvalue weighted by molar-refractivity contribution is -0.140. The van der Waals surface area contributed by atoms with Crippen LogP contribution in [0.4, 0.5) is 5.13 Å². The molecule has 0 saturated carbocycles. The lowest BCUT2D eigenvalue weighted by Crippen LogP contribution is -2.46. The van der Waals surface area contributed by atoms with Crippen molar-refractivity contribution in [2.45, 2.75) is 26.2 Å². The molecule has 112 valence electrons. The van der Waals surface area contributed by atoms with E-state index in [0.717, 1.165) is 37.0 Å². The Kier molecular flexibility index (Phi) is 5.79. The van der Waals surface area contributed by atoms with Crippen LogP contribution in [0.15, 0.2) is 5.38 Å². The topological polar surface area (TPSA) is 45.7 Å². The minimum atomic E-state index is -0.173. The van der Waals surface area contributed by atoms with Crippen LogP contribution in [0.3, 0.4) is 0 Å². The molecule has 1 aliphatic heterocycles. The number of aryl methyl sites for hydroxylation is 1. The third-order valence-electron chi connectivity index (χ3n) is 3.54. The summed E-state index contributed by atoms with van der Waals surface area (Å²) in [5, 5.41) is 3.14. The van der Waals surface area contributed by atoms with E-state index in [1.807, 2.05) is 0 Å². The molecule has 0 atom stereocenters. The van der Waals surface area contributed by atoms with Gasteiger partial charge in [0.2, 0.25) is 0 Å². The number of methoxy groups -OCH3 is 1. The molecule has 0 aromatic carbocycles. The fourth-order valence-corrected chi connectivity index (χ4v) is 3.28. The number of carbonyl (C=O) groups is 1. The average Bonchev–Trinajstić information content (AvgIpc) is 2.95. The fraction of sp³-hybridized carbons (Fsp3) is 0.714.